The van der Waals surface area contributed by atoms with Crippen molar-refractivity contribution < 1.29 is 17.6 Å². The van der Waals surface area contributed by atoms with Crippen LogP contribution in [0.25, 0.3) is 0 Å². The van der Waals surface area contributed by atoms with Crippen LogP contribution in [0.1, 0.15) is 34.1 Å². The summed E-state index contributed by atoms with van der Waals surface area (Å²) in [6, 6.07) is 10.4. The average molecular weight is 404 g/mol. The Bertz CT molecular complexity index is 925. The van der Waals surface area contributed by atoms with Crippen molar-refractivity contribution in [3.8, 4) is 0 Å². The van der Waals surface area contributed by atoms with Crippen molar-refractivity contribution in [2.75, 3.05) is 7.05 Å². The van der Waals surface area contributed by atoms with E-state index >= 15 is 0 Å². The van der Waals surface area contributed by atoms with Gasteiger partial charge in [0.05, 0.1) is 23.0 Å². The van der Waals surface area contributed by atoms with Crippen LogP contribution in [-0.4, -0.2) is 17.0 Å². The summed E-state index contributed by atoms with van der Waals surface area (Å²) >= 11 is 0. The molecule has 0 bridgehead atoms. The Morgan fingerprint density at radius 3 is 2.31 bits per heavy atom. The van der Waals surface area contributed by atoms with Crippen molar-refractivity contribution in [3.63, 3.8) is 0 Å². The number of hydrogen-bond donors (Lipinski definition) is 2. The molecular weight excluding hydrogens is 384 g/mol. The van der Waals surface area contributed by atoms with Crippen LogP contribution in [-0.2, 0) is 19.3 Å². The highest BCUT2D eigenvalue weighted by Gasteiger charge is 2.30. The van der Waals surface area contributed by atoms with Gasteiger partial charge in [0, 0.05) is 25.5 Å². The maximum Gasteiger partial charge on any atom is 0.416 e. The molecule has 0 aliphatic carbocycles. The lowest BCUT2D eigenvalue weighted by molar-refractivity contribution is -0.137. The normalized spacial score (nSPS) is 12.7. The van der Waals surface area contributed by atoms with Crippen LogP contribution in [0.15, 0.2) is 60.9 Å². The second kappa shape index (κ2) is 9.11. The molecule has 3 rings (SSSR count). The van der Waals surface area contributed by atoms with E-state index in [0.29, 0.717) is 18.7 Å². The standard InChI is InChI=1S/C21H20F4N4/c1-26-11-14-4-9-17(28-12-14)13-29-19(20-18(22)3-2-10-27-20)15-5-7-16(8-6-15)21(23,24)25/h2-10,12,19,26,29H,11,13H2,1H3/t19-/m0/s1. The minimum absolute atomic E-state index is 0.110. The lowest BCUT2D eigenvalue weighted by Crippen LogP contribution is -2.24. The van der Waals surface area contributed by atoms with Gasteiger partial charge in [-0.1, -0.05) is 18.2 Å². The van der Waals surface area contributed by atoms with Gasteiger partial charge in [0.15, 0.2) is 0 Å². The summed E-state index contributed by atoms with van der Waals surface area (Å²) < 4.78 is 52.9. The number of benzene rings is 1. The van der Waals surface area contributed by atoms with Gasteiger partial charge in [-0.3, -0.25) is 15.3 Å². The highest BCUT2D eigenvalue weighted by molar-refractivity contribution is 5.32. The first-order chi connectivity index (χ1) is 13.9. The highest BCUT2D eigenvalue weighted by Crippen LogP contribution is 2.31. The second-order valence-electron chi connectivity index (χ2n) is 6.49. The van der Waals surface area contributed by atoms with Crippen molar-refractivity contribution in [3.05, 3.63) is 94.8 Å². The third-order valence-electron chi connectivity index (χ3n) is 4.39. The van der Waals surface area contributed by atoms with Crippen molar-refractivity contribution in [1.29, 1.82) is 0 Å². The first kappa shape index (κ1) is 20.9. The van der Waals surface area contributed by atoms with Crippen LogP contribution in [0.2, 0.25) is 0 Å². The van der Waals surface area contributed by atoms with Gasteiger partial charge < -0.3 is 5.32 Å². The molecule has 2 N–H and O–H groups in total. The minimum atomic E-state index is -4.43. The Morgan fingerprint density at radius 2 is 1.72 bits per heavy atom. The predicted molar refractivity (Wildman–Crippen MR) is 101 cm³/mol. The van der Waals surface area contributed by atoms with Crippen LogP contribution in [0.3, 0.4) is 0 Å². The molecule has 0 fully saturated rings. The van der Waals surface area contributed by atoms with E-state index in [-0.39, 0.29) is 5.69 Å². The monoisotopic (exact) mass is 404 g/mol. The Morgan fingerprint density at radius 1 is 0.966 bits per heavy atom. The molecule has 0 aliphatic heterocycles. The van der Waals surface area contributed by atoms with E-state index in [4.69, 9.17) is 0 Å². The van der Waals surface area contributed by atoms with E-state index in [1.54, 1.807) is 6.20 Å². The fraction of sp³-hybridized carbons (Fsp3) is 0.238. The molecule has 0 spiro atoms. The molecule has 4 nitrogen and oxygen atoms in total. The molecule has 1 aromatic carbocycles. The van der Waals surface area contributed by atoms with Crippen LogP contribution >= 0.6 is 0 Å². The molecule has 2 aromatic heterocycles. The molecule has 8 heteroatoms. The van der Waals surface area contributed by atoms with E-state index < -0.39 is 23.6 Å². The van der Waals surface area contributed by atoms with Gasteiger partial charge >= 0.3 is 6.18 Å². The van der Waals surface area contributed by atoms with Crippen molar-refractivity contribution in [2.45, 2.75) is 25.3 Å². The zero-order valence-corrected chi connectivity index (χ0v) is 15.7. The number of alkyl halides is 3. The first-order valence-corrected chi connectivity index (χ1v) is 8.98. The number of rotatable bonds is 7. The molecule has 152 valence electrons. The van der Waals surface area contributed by atoms with Crippen LogP contribution in [0.4, 0.5) is 17.6 Å². The van der Waals surface area contributed by atoms with Gasteiger partial charge in [0.25, 0.3) is 0 Å². The van der Waals surface area contributed by atoms with Gasteiger partial charge in [-0.15, -0.1) is 0 Å². The Hall–Kier alpha value is -2.84. The number of nitrogens with one attached hydrogen (secondary N) is 2. The molecule has 3 aromatic rings. The zero-order valence-electron chi connectivity index (χ0n) is 15.7. The zero-order chi connectivity index (χ0) is 20.9. The Balaban J connectivity index is 1.85. The summed E-state index contributed by atoms with van der Waals surface area (Å²) in [5.74, 6) is -0.540. The predicted octanol–water partition coefficient (Wildman–Crippen LogP) is 4.23. The molecule has 29 heavy (non-hydrogen) atoms. The lowest BCUT2D eigenvalue weighted by atomic mass is 10.0. The molecule has 2 heterocycles. The Labute approximate surface area is 166 Å². The summed E-state index contributed by atoms with van der Waals surface area (Å²) in [6.07, 6.45) is -1.25. The van der Waals surface area contributed by atoms with Gasteiger partial charge in [0.2, 0.25) is 0 Å². The summed E-state index contributed by atoms with van der Waals surface area (Å²) in [5.41, 5.74) is 1.56. The van der Waals surface area contributed by atoms with E-state index in [1.807, 2.05) is 19.2 Å². The minimum Gasteiger partial charge on any atom is -0.316 e. The third kappa shape index (κ3) is 5.36. The van der Waals surface area contributed by atoms with Crippen molar-refractivity contribution >= 4 is 0 Å². The summed E-state index contributed by atoms with van der Waals surface area (Å²) in [7, 11) is 1.84. The number of nitrogens with zero attached hydrogens (tertiary/aromatic N) is 2. The van der Waals surface area contributed by atoms with Crippen LogP contribution in [0, 0.1) is 5.82 Å². The summed E-state index contributed by atoms with van der Waals surface area (Å²) in [6.45, 7) is 0.982. The van der Waals surface area contributed by atoms with Crippen molar-refractivity contribution in [1.82, 2.24) is 20.6 Å². The molecule has 0 radical (unpaired) electrons. The van der Waals surface area contributed by atoms with Gasteiger partial charge in [0.1, 0.15) is 5.82 Å². The molecule has 0 saturated heterocycles. The number of aromatic nitrogens is 2. The topological polar surface area (TPSA) is 49.8 Å². The summed E-state index contributed by atoms with van der Waals surface area (Å²) in [4.78, 5) is 8.45. The van der Waals surface area contributed by atoms with Crippen molar-refractivity contribution in [2.24, 2.45) is 0 Å². The highest BCUT2D eigenvalue weighted by atomic mass is 19.4. The molecule has 0 aliphatic rings. The third-order valence-corrected chi connectivity index (χ3v) is 4.39. The van der Waals surface area contributed by atoms with E-state index in [1.165, 1.54) is 30.5 Å². The maximum atomic E-state index is 14.4. The SMILES string of the molecule is CNCc1ccc(CN[C@@H](c2ccc(C(F)(F)F)cc2)c2ncccc2F)nc1. The fourth-order valence-corrected chi connectivity index (χ4v) is 2.92. The average Bonchev–Trinajstić information content (AvgIpc) is 2.70. The lowest BCUT2D eigenvalue weighted by Gasteiger charge is -2.20. The van der Waals surface area contributed by atoms with E-state index in [9.17, 15) is 17.6 Å². The van der Waals surface area contributed by atoms with Crippen LogP contribution < -0.4 is 10.6 Å². The smallest absolute Gasteiger partial charge is 0.316 e. The first-order valence-electron chi connectivity index (χ1n) is 8.98. The number of pyridine rings is 2. The summed E-state index contributed by atoms with van der Waals surface area (Å²) in [5, 5.41) is 6.19. The van der Waals surface area contributed by atoms with E-state index in [0.717, 1.165) is 23.4 Å². The van der Waals surface area contributed by atoms with Crippen LogP contribution in [0.5, 0.6) is 0 Å². The molecule has 0 unspecified atom stereocenters. The maximum absolute atomic E-state index is 14.4. The number of halogens is 4. The Kier molecular flexibility index (Phi) is 6.56. The van der Waals surface area contributed by atoms with Gasteiger partial charge in [-0.25, -0.2) is 4.39 Å². The number of hydrogen-bond acceptors (Lipinski definition) is 4. The van der Waals surface area contributed by atoms with Gasteiger partial charge in [-0.05, 0) is 48.5 Å². The molecular formula is C21H20F4N4. The van der Waals surface area contributed by atoms with E-state index in [2.05, 4.69) is 20.6 Å². The quantitative estimate of drug-likeness (QED) is 0.579. The molecule has 0 amide bonds. The molecule has 0 saturated carbocycles. The van der Waals surface area contributed by atoms with Gasteiger partial charge in [-0.2, -0.15) is 13.2 Å². The largest absolute Gasteiger partial charge is 0.416 e. The molecule has 1 atom stereocenters. The second-order valence-corrected chi connectivity index (χ2v) is 6.49. The fourth-order valence-electron chi connectivity index (χ4n) is 2.92.